The fraction of sp³-hybridized carbons (Fsp3) is 0.320. The predicted molar refractivity (Wildman–Crippen MR) is 116 cm³/mol. The van der Waals surface area contributed by atoms with E-state index in [1.54, 1.807) is 4.90 Å². The zero-order chi connectivity index (χ0) is 20.6. The lowest BCUT2D eigenvalue weighted by atomic mass is 10.0. The number of rotatable bonds is 5. The van der Waals surface area contributed by atoms with Crippen LogP contribution in [0.5, 0.6) is 5.75 Å². The van der Waals surface area contributed by atoms with Crippen LogP contribution in [-0.2, 0) is 20.1 Å². The second-order valence-corrected chi connectivity index (χ2v) is 7.86. The van der Waals surface area contributed by atoms with Crippen LogP contribution in [0.4, 0.5) is 5.69 Å². The molecule has 30 heavy (non-hydrogen) atoms. The molecule has 154 valence electrons. The number of hydrogen-bond donors (Lipinski definition) is 0. The van der Waals surface area contributed by atoms with Crippen LogP contribution in [0, 0.1) is 6.92 Å². The highest BCUT2D eigenvalue weighted by Gasteiger charge is 2.54. The third kappa shape index (κ3) is 3.24. The van der Waals surface area contributed by atoms with Gasteiger partial charge >= 0.3 is 0 Å². The molecule has 2 aliphatic heterocycles. The van der Waals surface area contributed by atoms with Gasteiger partial charge in [-0.1, -0.05) is 42.0 Å². The molecule has 5 heteroatoms. The van der Waals surface area contributed by atoms with E-state index in [-0.39, 0.29) is 5.91 Å². The quantitative estimate of drug-likeness (QED) is 0.586. The lowest BCUT2D eigenvalue weighted by Gasteiger charge is -2.32. The van der Waals surface area contributed by atoms with E-state index in [2.05, 4.69) is 18.2 Å². The maximum absolute atomic E-state index is 13.3. The number of hydrogen-bond acceptors (Lipinski definition) is 4. The minimum atomic E-state index is -1.28. The van der Waals surface area contributed by atoms with Crippen LogP contribution in [-0.4, -0.2) is 32.3 Å². The van der Waals surface area contributed by atoms with E-state index in [1.165, 1.54) is 5.39 Å². The summed E-state index contributed by atoms with van der Waals surface area (Å²) in [5.74, 6) is -0.569. The summed E-state index contributed by atoms with van der Waals surface area (Å²) >= 11 is 0. The third-order valence-electron chi connectivity index (χ3n) is 5.74. The fourth-order valence-corrected chi connectivity index (χ4v) is 4.25. The maximum Gasteiger partial charge on any atom is 0.292 e. The Balaban J connectivity index is 1.28. The van der Waals surface area contributed by atoms with Crippen LogP contribution in [0.1, 0.15) is 24.0 Å². The number of anilines is 1. The molecule has 5 rings (SSSR count). The van der Waals surface area contributed by atoms with E-state index in [1.807, 2.05) is 49.4 Å². The van der Waals surface area contributed by atoms with Gasteiger partial charge in [0, 0.05) is 12.1 Å². The third-order valence-corrected chi connectivity index (χ3v) is 5.74. The number of fused-ring (bicyclic) bond motifs is 3. The van der Waals surface area contributed by atoms with Crippen molar-refractivity contribution >= 4 is 22.4 Å². The van der Waals surface area contributed by atoms with Crippen molar-refractivity contribution in [2.24, 2.45) is 0 Å². The molecule has 1 amide bonds. The summed E-state index contributed by atoms with van der Waals surface area (Å²) in [6, 6.07) is 20.3. The van der Waals surface area contributed by atoms with Crippen LogP contribution >= 0.6 is 0 Å². The summed E-state index contributed by atoms with van der Waals surface area (Å²) < 4.78 is 17.8. The Kier molecular flexibility index (Phi) is 4.93. The van der Waals surface area contributed by atoms with E-state index in [9.17, 15) is 4.79 Å². The van der Waals surface area contributed by atoms with Gasteiger partial charge in [-0.3, -0.25) is 4.79 Å². The Morgan fingerprint density at radius 3 is 2.63 bits per heavy atom. The van der Waals surface area contributed by atoms with Gasteiger partial charge in [-0.2, -0.15) is 0 Å². The van der Waals surface area contributed by atoms with Gasteiger partial charge in [0.15, 0.2) is 0 Å². The van der Waals surface area contributed by atoms with Crippen molar-refractivity contribution in [1.82, 2.24) is 0 Å². The number of ether oxygens (including phenoxy) is 3. The summed E-state index contributed by atoms with van der Waals surface area (Å²) in [6.07, 6.45) is 1.51. The van der Waals surface area contributed by atoms with Crippen molar-refractivity contribution in [3.63, 3.8) is 0 Å². The predicted octanol–water partition coefficient (Wildman–Crippen LogP) is 4.55. The average Bonchev–Trinajstić information content (AvgIpc) is 2.99. The van der Waals surface area contributed by atoms with E-state index < -0.39 is 5.79 Å². The Hall–Kier alpha value is -2.89. The molecule has 3 aromatic carbocycles. The van der Waals surface area contributed by atoms with Gasteiger partial charge in [-0.25, -0.2) is 0 Å². The second-order valence-electron chi connectivity index (χ2n) is 7.86. The molecule has 0 radical (unpaired) electrons. The minimum Gasteiger partial charge on any atom is -0.494 e. The number of nitrogens with zero attached hydrogens (tertiary/aromatic N) is 1. The number of aryl methyl sites for hydroxylation is 1. The first kappa shape index (κ1) is 19.1. The highest BCUT2D eigenvalue weighted by Crippen LogP contribution is 2.45. The number of amides is 1. The topological polar surface area (TPSA) is 48.0 Å². The first-order valence-electron chi connectivity index (χ1n) is 10.5. The summed E-state index contributed by atoms with van der Waals surface area (Å²) in [4.78, 5) is 15.1. The summed E-state index contributed by atoms with van der Waals surface area (Å²) in [7, 11) is 0. The first-order valence-corrected chi connectivity index (χ1v) is 10.5. The molecule has 0 aromatic heterocycles. The molecule has 0 saturated carbocycles. The molecule has 0 unspecified atom stereocenters. The van der Waals surface area contributed by atoms with Gasteiger partial charge in [0.2, 0.25) is 0 Å². The smallest absolute Gasteiger partial charge is 0.292 e. The SMILES string of the molecule is Cc1ccc2c(c1)C1(OCCCO1)C(=O)N2CCCOc1ccc2ccccc2c1. The standard InChI is InChI=1S/C25H25NO4/c1-18-8-11-23-22(16-18)25(29-14-5-15-30-25)24(27)26(23)12-4-13-28-21-10-9-19-6-2-3-7-20(19)17-21/h2-3,6-11,16-17H,4-5,12-15H2,1H3. The van der Waals surface area contributed by atoms with Crippen molar-refractivity contribution in [2.75, 3.05) is 31.3 Å². The van der Waals surface area contributed by atoms with E-state index >= 15 is 0 Å². The van der Waals surface area contributed by atoms with Gasteiger partial charge in [-0.05, 0) is 54.8 Å². The lowest BCUT2D eigenvalue weighted by Crippen LogP contribution is -2.47. The molecule has 1 fully saturated rings. The fourth-order valence-electron chi connectivity index (χ4n) is 4.25. The van der Waals surface area contributed by atoms with Gasteiger partial charge in [-0.15, -0.1) is 0 Å². The van der Waals surface area contributed by atoms with Crippen molar-refractivity contribution in [3.05, 3.63) is 71.8 Å². The maximum atomic E-state index is 13.3. The molecule has 0 N–H and O–H groups in total. The number of carbonyl (C=O) groups excluding carboxylic acids is 1. The van der Waals surface area contributed by atoms with Crippen molar-refractivity contribution in [2.45, 2.75) is 25.6 Å². The minimum absolute atomic E-state index is 0.131. The molecular formula is C25H25NO4. The van der Waals surface area contributed by atoms with Crippen LogP contribution in [0.2, 0.25) is 0 Å². The zero-order valence-corrected chi connectivity index (χ0v) is 17.1. The highest BCUT2D eigenvalue weighted by atomic mass is 16.7. The van der Waals surface area contributed by atoms with Crippen LogP contribution in [0.25, 0.3) is 10.8 Å². The largest absolute Gasteiger partial charge is 0.494 e. The molecule has 1 saturated heterocycles. The average molecular weight is 403 g/mol. The van der Waals surface area contributed by atoms with E-state index in [0.717, 1.165) is 34.4 Å². The summed E-state index contributed by atoms with van der Waals surface area (Å²) in [5, 5.41) is 2.35. The molecule has 2 aliphatic rings. The number of benzene rings is 3. The molecule has 3 aromatic rings. The van der Waals surface area contributed by atoms with Crippen LogP contribution < -0.4 is 9.64 Å². The molecule has 0 bridgehead atoms. The molecule has 1 spiro atoms. The Labute approximate surface area is 176 Å². The van der Waals surface area contributed by atoms with E-state index in [4.69, 9.17) is 14.2 Å². The summed E-state index contributed by atoms with van der Waals surface area (Å²) in [6.45, 7) is 4.15. The molecule has 0 atom stereocenters. The second kappa shape index (κ2) is 7.74. The Bertz CT molecular complexity index is 1090. The van der Waals surface area contributed by atoms with Crippen molar-refractivity contribution in [3.8, 4) is 5.75 Å². The molecular weight excluding hydrogens is 378 g/mol. The van der Waals surface area contributed by atoms with Crippen LogP contribution in [0.3, 0.4) is 0 Å². The molecule has 2 heterocycles. The van der Waals surface area contributed by atoms with Crippen molar-refractivity contribution < 1.29 is 19.0 Å². The van der Waals surface area contributed by atoms with Crippen molar-refractivity contribution in [1.29, 1.82) is 0 Å². The van der Waals surface area contributed by atoms with Gasteiger partial charge in [0.25, 0.3) is 11.7 Å². The van der Waals surface area contributed by atoms with Gasteiger partial charge in [0.1, 0.15) is 5.75 Å². The van der Waals surface area contributed by atoms with Gasteiger partial charge in [0.05, 0.1) is 25.5 Å². The van der Waals surface area contributed by atoms with Crippen LogP contribution in [0.15, 0.2) is 60.7 Å². The Morgan fingerprint density at radius 2 is 1.80 bits per heavy atom. The summed E-state index contributed by atoms with van der Waals surface area (Å²) in [5.41, 5.74) is 2.78. The van der Waals surface area contributed by atoms with Gasteiger partial charge < -0.3 is 19.1 Å². The molecule has 0 aliphatic carbocycles. The zero-order valence-electron chi connectivity index (χ0n) is 17.1. The highest BCUT2D eigenvalue weighted by molar-refractivity contribution is 6.06. The lowest BCUT2D eigenvalue weighted by molar-refractivity contribution is -0.256. The Morgan fingerprint density at radius 1 is 1.00 bits per heavy atom. The monoisotopic (exact) mass is 403 g/mol. The molecule has 5 nitrogen and oxygen atoms in total. The first-order chi connectivity index (χ1) is 14.7. The normalized spacial score (nSPS) is 17.5. The van der Waals surface area contributed by atoms with E-state index in [0.29, 0.717) is 32.8 Å². The number of carbonyl (C=O) groups is 1.